The summed E-state index contributed by atoms with van der Waals surface area (Å²) in [6.07, 6.45) is 3.45. The van der Waals surface area contributed by atoms with Gasteiger partial charge in [-0.25, -0.2) is 0 Å². The number of aromatic nitrogens is 2. The number of ether oxygens (including phenoxy) is 1. The number of aryl methyl sites for hydroxylation is 1. The molecule has 4 heteroatoms. The van der Waals surface area contributed by atoms with Gasteiger partial charge in [0.1, 0.15) is 12.4 Å². The smallest absolute Gasteiger partial charge is 0.122 e. The van der Waals surface area contributed by atoms with Gasteiger partial charge in [-0.15, -0.1) is 0 Å². The van der Waals surface area contributed by atoms with Crippen molar-refractivity contribution in [3.05, 3.63) is 41.7 Å². The fourth-order valence-electron chi connectivity index (χ4n) is 2.03. The average Bonchev–Trinajstić information content (AvgIpc) is 2.76. The Bertz CT molecular complexity index is 582. The molecule has 4 nitrogen and oxygen atoms in total. The minimum absolute atomic E-state index is 0.163. The molecule has 0 saturated heterocycles. The highest BCUT2D eigenvalue weighted by atomic mass is 16.5. The van der Waals surface area contributed by atoms with Crippen molar-refractivity contribution < 1.29 is 4.74 Å². The summed E-state index contributed by atoms with van der Waals surface area (Å²) in [5.41, 5.74) is 8.94. The van der Waals surface area contributed by atoms with Crippen LogP contribution < -0.4 is 10.5 Å². The minimum Gasteiger partial charge on any atom is -0.491 e. The van der Waals surface area contributed by atoms with Gasteiger partial charge in [-0.05, 0) is 29.5 Å². The molecule has 0 aliphatic rings. The predicted octanol–water partition coefficient (Wildman–Crippen LogP) is 3.15. The number of nitrogens with two attached hydrogens (primary N) is 1. The number of anilines is 1. The molecule has 2 N–H and O–H groups in total. The molecule has 20 heavy (non-hydrogen) atoms. The van der Waals surface area contributed by atoms with Crippen LogP contribution in [0.25, 0.3) is 0 Å². The van der Waals surface area contributed by atoms with Gasteiger partial charge in [0, 0.05) is 6.20 Å². The van der Waals surface area contributed by atoms with Crippen molar-refractivity contribution in [2.24, 2.45) is 0 Å². The molecule has 2 aromatic rings. The Hall–Kier alpha value is -1.97. The molecule has 0 bridgehead atoms. The second-order valence-corrected chi connectivity index (χ2v) is 6.12. The zero-order valence-electron chi connectivity index (χ0n) is 12.7. The van der Waals surface area contributed by atoms with E-state index in [1.807, 2.05) is 6.07 Å². The lowest BCUT2D eigenvalue weighted by Crippen LogP contribution is -2.12. The maximum absolute atomic E-state index is 5.82. The molecule has 2 rings (SSSR count). The van der Waals surface area contributed by atoms with Gasteiger partial charge in [0.2, 0.25) is 0 Å². The molecule has 0 aliphatic heterocycles. The second kappa shape index (κ2) is 5.57. The third-order valence-electron chi connectivity index (χ3n) is 3.27. The Morgan fingerprint density at radius 2 is 2.05 bits per heavy atom. The van der Waals surface area contributed by atoms with Gasteiger partial charge in [0.25, 0.3) is 0 Å². The molecule has 0 spiro atoms. The van der Waals surface area contributed by atoms with E-state index >= 15 is 0 Å². The molecule has 1 aromatic carbocycles. The van der Waals surface area contributed by atoms with Crippen LogP contribution in [0.5, 0.6) is 5.75 Å². The first-order chi connectivity index (χ1) is 9.36. The highest BCUT2D eigenvalue weighted by molar-refractivity contribution is 5.38. The van der Waals surface area contributed by atoms with Gasteiger partial charge in [0.15, 0.2) is 0 Å². The van der Waals surface area contributed by atoms with Crippen LogP contribution in [-0.4, -0.2) is 16.4 Å². The molecule has 1 aromatic heterocycles. The van der Waals surface area contributed by atoms with Gasteiger partial charge in [0.05, 0.1) is 18.4 Å². The number of benzene rings is 1. The molecule has 0 radical (unpaired) electrons. The molecule has 0 saturated carbocycles. The molecule has 0 amide bonds. The quantitative estimate of drug-likeness (QED) is 0.931. The van der Waals surface area contributed by atoms with Crippen LogP contribution in [0.15, 0.2) is 30.6 Å². The lowest BCUT2D eigenvalue weighted by atomic mass is 9.86. The largest absolute Gasteiger partial charge is 0.491 e. The van der Waals surface area contributed by atoms with E-state index in [1.54, 1.807) is 17.1 Å². The normalized spacial score (nSPS) is 11.6. The average molecular weight is 273 g/mol. The summed E-state index contributed by atoms with van der Waals surface area (Å²) in [6, 6.07) is 6.38. The molecule has 1 heterocycles. The van der Waals surface area contributed by atoms with E-state index in [0.717, 1.165) is 11.3 Å². The van der Waals surface area contributed by atoms with E-state index in [-0.39, 0.29) is 5.41 Å². The highest BCUT2D eigenvalue weighted by Gasteiger charge is 2.14. The Morgan fingerprint density at radius 3 is 2.60 bits per heavy atom. The van der Waals surface area contributed by atoms with Crippen LogP contribution in [0, 0.1) is 6.92 Å². The summed E-state index contributed by atoms with van der Waals surface area (Å²) in [5.74, 6) is 0.929. The van der Waals surface area contributed by atoms with Gasteiger partial charge in [-0.3, -0.25) is 4.68 Å². The monoisotopic (exact) mass is 273 g/mol. The maximum Gasteiger partial charge on any atom is 0.122 e. The third-order valence-corrected chi connectivity index (χ3v) is 3.27. The molecule has 0 atom stereocenters. The Kier molecular flexibility index (Phi) is 4.02. The van der Waals surface area contributed by atoms with Crippen LogP contribution in [0.2, 0.25) is 0 Å². The first-order valence-corrected chi connectivity index (χ1v) is 6.88. The molecule has 0 aliphatic carbocycles. The number of hydrogen-bond acceptors (Lipinski definition) is 3. The van der Waals surface area contributed by atoms with Crippen molar-refractivity contribution in [3.8, 4) is 5.75 Å². The van der Waals surface area contributed by atoms with E-state index in [4.69, 9.17) is 10.5 Å². The van der Waals surface area contributed by atoms with Crippen molar-refractivity contribution in [2.45, 2.75) is 39.7 Å². The Morgan fingerprint density at radius 1 is 1.30 bits per heavy atom. The minimum atomic E-state index is 0.163. The van der Waals surface area contributed by atoms with E-state index in [1.165, 1.54) is 5.56 Å². The second-order valence-electron chi connectivity index (χ2n) is 6.12. The number of nitrogens with zero attached hydrogens (tertiary/aromatic N) is 2. The summed E-state index contributed by atoms with van der Waals surface area (Å²) in [7, 11) is 0. The van der Waals surface area contributed by atoms with E-state index in [9.17, 15) is 0 Å². The zero-order valence-corrected chi connectivity index (χ0v) is 12.7. The number of rotatable bonds is 4. The van der Waals surface area contributed by atoms with E-state index < -0.39 is 0 Å². The van der Waals surface area contributed by atoms with Crippen LogP contribution in [-0.2, 0) is 12.0 Å². The van der Waals surface area contributed by atoms with Crippen molar-refractivity contribution in [1.29, 1.82) is 0 Å². The van der Waals surface area contributed by atoms with Crippen molar-refractivity contribution in [2.75, 3.05) is 12.3 Å². The predicted molar refractivity (Wildman–Crippen MR) is 82.0 cm³/mol. The molecular formula is C16H23N3O. The van der Waals surface area contributed by atoms with Gasteiger partial charge in [-0.2, -0.15) is 5.10 Å². The van der Waals surface area contributed by atoms with Gasteiger partial charge in [-0.1, -0.05) is 32.9 Å². The standard InChI is InChI=1S/C16H23N3O/c1-12-9-13(16(2,3)4)5-6-15(12)20-8-7-19-11-14(17)10-18-19/h5-6,9-11H,7-8,17H2,1-4H3. The number of nitrogen functional groups attached to an aromatic ring is 1. The zero-order chi connectivity index (χ0) is 14.8. The first kappa shape index (κ1) is 14.4. The lowest BCUT2D eigenvalue weighted by Gasteiger charge is -2.20. The summed E-state index contributed by atoms with van der Waals surface area (Å²) in [4.78, 5) is 0. The summed E-state index contributed by atoms with van der Waals surface area (Å²) in [6.45, 7) is 9.99. The summed E-state index contributed by atoms with van der Waals surface area (Å²) >= 11 is 0. The van der Waals surface area contributed by atoms with Crippen LogP contribution >= 0.6 is 0 Å². The summed E-state index contributed by atoms with van der Waals surface area (Å²) < 4.78 is 7.60. The van der Waals surface area contributed by atoms with Crippen molar-refractivity contribution in [3.63, 3.8) is 0 Å². The van der Waals surface area contributed by atoms with E-state index in [2.05, 4.69) is 44.9 Å². The van der Waals surface area contributed by atoms with Gasteiger partial charge < -0.3 is 10.5 Å². The van der Waals surface area contributed by atoms with Crippen LogP contribution in [0.1, 0.15) is 31.9 Å². The Labute approximate surface area is 120 Å². The SMILES string of the molecule is Cc1cc(C(C)(C)C)ccc1OCCn1cc(N)cn1. The van der Waals surface area contributed by atoms with E-state index in [0.29, 0.717) is 18.8 Å². The molecule has 0 unspecified atom stereocenters. The molecule has 108 valence electrons. The lowest BCUT2D eigenvalue weighted by molar-refractivity contribution is 0.289. The Balaban J connectivity index is 1.96. The number of hydrogen-bond donors (Lipinski definition) is 1. The highest BCUT2D eigenvalue weighted by Crippen LogP contribution is 2.27. The third kappa shape index (κ3) is 3.53. The summed E-state index contributed by atoms with van der Waals surface area (Å²) in [5, 5.41) is 4.13. The van der Waals surface area contributed by atoms with Crippen LogP contribution in [0.3, 0.4) is 0 Å². The molecular weight excluding hydrogens is 250 g/mol. The van der Waals surface area contributed by atoms with Crippen molar-refractivity contribution in [1.82, 2.24) is 9.78 Å². The topological polar surface area (TPSA) is 53.1 Å². The fraction of sp³-hybridized carbons (Fsp3) is 0.438. The molecule has 0 fully saturated rings. The van der Waals surface area contributed by atoms with Gasteiger partial charge >= 0.3 is 0 Å². The first-order valence-electron chi connectivity index (χ1n) is 6.88. The van der Waals surface area contributed by atoms with Crippen molar-refractivity contribution >= 4 is 5.69 Å². The van der Waals surface area contributed by atoms with Crippen LogP contribution in [0.4, 0.5) is 5.69 Å². The fourth-order valence-corrected chi connectivity index (χ4v) is 2.03. The maximum atomic E-state index is 5.82.